The van der Waals surface area contributed by atoms with Crippen LogP contribution in [-0.4, -0.2) is 13.1 Å². The Morgan fingerprint density at radius 3 is 2.83 bits per heavy atom. The number of fused-ring (bicyclic) bond motifs is 3. The molecule has 0 unspecified atom stereocenters. The molecule has 2 N–H and O–H groups in total. The van der Waals surface area contributed by atoms with E-state index in [0.717, 1.165) is 28.8 Å². The SMILES string of the molecule is COC(=O)c1cccc2c1Cc1cc(N)ccc1-2. The van der Waals surface area contributed by atoms with E-state index in [1.807, 2.05) is 30.3 Å². The van der Waals surface area contributed by atoms with Crippen LogP contribution in [0.4, 0.5) is 5.69 Å². The molecule has 0 saturated carbocycles. The van der Waals surface area contributed by atoms with Crippen LogP contribution >= 0.6 is 0 Å². The Morgan fingerprint density at radius 2 is 2.06 bits per heavy atom. The summed E-state index contributed by atoms with van der Waals surface area (Å²) in [6.45, 7) is 0. The maximum atomic E-state index is 11.7. The lowest BCUT2D eigenvalue weighted by Crippen LogP contribution is -2.04. The first kappa shape index (κ1) is 10.8. The van der Waals surface area contributed by atoms with Crippen molar-refractivity contribution in [1.82, 2.24) is 0 Å². The van der Waals surface area contributed by atoms with Crippen molar-refractivity contribution in [1.29, 1.82) is 0 Å². The Hall–Kier alpha value is -2.29. The van der Waals surface area contributed by atoms with Gasteiger partial charge in [-0.05, 0) is 46.9 Å². The summed E-state index contributed by atoms with van der Waals surface area (Å²) in [6, 6.07) is 11.6. The van der Waals surface area contributed by atoms with Gasteiger partial charge in [0, 0.05) is 5.69 Å². The second-order valence-electron chi connectivity index (χ2n) is 4.42. The second kappa shape index (κ2) is 3.88. The molecule has 0 bridgehead atoms. The molecular weight excluding hydrogens is 226 g/mol. The minimum atomic E-state index is -0.285. The van der Waals surface area contributed by atoms with E-state index in [-0.39, 0.29) is 5.97 Å². The topological polar surface area (TPSA) is 52.3 Å². The summed E-state index contributed by atoms with van der Waals surface area (Å²) in [5.41, 5.74) is 11.7. The molecule has 0 saturated heterocycles. The van der Waals surface area contributed by atoms with E-state index >= 15 is 0 Å². The second-order valence-corrected chi connectivity index (χ2v) is 4.42. The smallest absolute Gasteiger partial charge is 0.338 e. The summed E-state index contributed by atoms with van der Waals surface area (Å²) < 4.78 is 4.82. The van der Waals surface area contributed by atoms with Crippen molar-refractivity contribution < 1.29 is 9.53 Å². The molecule has 0 aliphatic heterocycles. The van der Waals surface area contributed by atoms with E-state index in [1.54, 1.807) is 6.07 Å². The Kier molecular flexibility index (Phi) is 2.33. The van der Waals surface area contributed by atoms with Gasteiger partial charge < -0.3 is 10.5 Å². The monoisotopic (exact) mass is 239 g/mol. The Labute approximate surface area is 105 Å². The average Bonchev–Trinajstić information content (AvgIpc) is 2.74. The van der Waals surface area contributed by atoms with Crippen LogP contribution in [0.3, 0.4) is 0 Å². The molecule has 18 heavy (non-hydrogen) atoms. The third-order valence-corrected chi connectivity index (χ3v) is 3.37. The molecule has 0 amide bonds. The molecule has 3 rings (SSSR count). The minimum absolute atomic E-state index is 0.285. The first-order chi connectivity index (χ1) is 8.70. The van der Waals surface area contributed by atoms with Crippen LogP contribution in [0.5, 0.6) is 0 Å². The van der Waals surface area contributed by atoms with Crippen LogP contribution in [0.15, 0.2) is 36.4 Å². The molecule has 1 aliphatic carbocycles. The van der Waals surface area contributed by atoms with E-state index < -0.39 is 0 Å². The lowest BCUT2D eigenvalue weighted by Gasteiger charge is -2.05. The molecule has 0 aromatic heterocycles. The van der Waals surface area contributed by atoms with Crippen LogP contribution in [0.1, 0.15) is 21.5 Å². The van der Waals surface area contributed by atoms with Crippen molar-refractivity contribution in [3.8, 4) is 11.1 Å². The van der Waals surface area contributed by atoms with E-state index in [4.69, 9.17) is 10.5 Å². The molecule has 0 atom stereocenters. The lowest BCUT2D eigenvalue weighted by molar-refractivity contribution is 0.0600. The molecular formula is C15H13NO2. The van der Waals surface area contributed by atoms with Gasteiger partial charge in [0.25, 0.3) is 0 Å². The van der Waals surface area contributed by atoms with Crippen molar-refractivity contribution >= 4 is 11.7 Å². The molecule has 90 valence electrons. The van der Waals surface area contributed by atoms with Crippen molar-refractivity contribution in [2.75, 3.05) is 12.8 Å². The number of carbonyl (C=O) groups is 1. The Balaban J connectivity index is 2.19. The maximum absolute atomic E-state index is 11.7. The number of carbonyl (C=O) groups excluding carboxylic acids is 1. The highest BCUT2D eigenvalue weighted by Gasteiger charge is 2.23. The number of rotatable bonds is 1. The summed E-state index contributed by atoms with van der Waals surface area (Å²) >= 11 is 0. The molecule has 2 aromatic carbocycles. The first-order valence-corrected chi connectivity index (χ1v) is 5.79. The van der Waals surface area contributed by atoms with E-state index in [0.29, 0.717) is 5.56 Å². The van der Waals surface area contributed by atoms with Crippen molar-refractivity contribution in [2.24, 2.45) is 0 Å². The van der Waals surface area contributed by atoms with Gasteiger partial charge in [0.15, 0.2) is 0 Å². The zero-order chi connectivity index (χ0) is 12.7. The Bertz CT molecular complexity index is 647. The summed E-state index contributed by atoms with van der Waals surface area (Å²) in [4.78, 5) is 11.7. The van der Waals surface area contributed by atoms with Gasteiger partial charge in [-0.3, -0.25) is 0 Å². The quantitative estimate of drug-likeness (QED) is 0.524. The number of ether oxygens (including phenoxy) is 1. The molecule has 0 heterocycles. The zero-order valence-corrected chi connectivity index (χ0v) is 10.1. The van der Waals surface area contributed by atoms with Crippen molar-refractivity contribution in [3.63, 3.8) is 0 Å². The maximum Gasteiger partial charge on any atom is 0.338 e. The molecule has 2 aromatic rings. The predicted molar refractivity (Wildman–Crippen MR) is 70.4 cm³/mol. The molecule has 1 aliphatic rings. The van der Waals surface area contributed by atoms with Gasteiger partial charge >= 0.3 is 5.97 Å². The van der Waals surface area contributed by atoms with Crippen molar-refractivity contribution in [2.45, 2.75) is 6.42 Å². The van der Waals surface area contributed by atoms with Crippen LogP contribution in [0, 0.1) is 0 Å². The van der Waals surface area contributed by atoms with E-state index in [1.165, 1.54) is 12.7 Å². The van der Waals surface area contributed by atoms with Gasteiger partial charge in [0.1, 0.15) is 0 Å². The number of hydrogen-bond donors (Lipinski definition) is 1. The molecule has 0 radical (unpaired) electrons. The fourth-order valence-electron chi connectivity index (χ4n) is 2.54. The summed E-state index contributed by atoms with van der Waals surface area (Å²) in [7, 11) is 1.40. The number of methoxy groups -OCH3 is 1. The highest BCUT2D eigenvalue weighted by molar-refractivity contribution is 5.95. The normalized spacial score (nSPS) is 11.8. The fourth-order valence-corrected chi connectivity index (χ4v) is 2.54. The number of esters is 1. The first-order valence-electron chi connectivity index (χ1n) is 5.79. The van der Waals surface area contributed by atoms with Crippen LogP contribution in [0.25, 0.3) is 11.1 Å². The van der Waals surface area contributed by atoms with Crippen LogP contribution < -0.4 is 5.73 Å². The number of nitrogens with two attached hydrogens (primary N) is 1. The van der Waals surface area contributed by atoms with Gasteiger partial charge in [-0.1, -0.05) is 18.2 Å². The number of hydrogen-bond acceptors (Lipinski definition) is 3. The minimum Gasteiger partial charge on any atom is -0.465 e. The standard InChI is InChI=1S/C15H13NO2/c1-18-15(17)13-4-2-3-12-11-6-5-10(16)7-9(11)8-14(12)13/h2-7H,8,16H2,1H3. The molecule has 0 fully saturated rings. The van der Waals surface area contributed by atoms with E-state index in [2.05, 4.69) is 0 Å². The Morgan fingerprint density at radius 1 is 1.22 bits per heavy atom. The largest absolute Gasteiger partial charge is 0.465 e. The zero-order valence-electron chi connectivity index (χ0n) is 10.1. The summed E-state index contributed by atoms with van der Waals surface area (Å²) in [5.74, 6) is -0.285. The van der Waals surface area contributed by atoms with Gasteiger partial charge in [-0.15, -0.1) is 0 Å². The van der Waals surface area contributed by atoms with E-state index in [9.17, 15) is 4.79 Å². The van der Waals surface area contributed by atoms with Gasteiger partial charge in [0.2, 0.25) is 0 Å². The van der Waals surface area contributed by atoms with Crippen molar-refractivity contribution in [3.05, 3.63) is 53.1 Å². The van der Waals surface area contributed by atoms with Gasteiger partial charge in [-0.25, -0.2) is 4.79 Å². The number of nitrogen functional groups attached to an aromatic ring is 1. The molecule has 3 heteroatoms. The lowest BCUT2D eigenvalue weighted by atomic mass is 10.0. The third-order valence-electron chi connectivity index (χ3n) is 3.37. The molecule has 3 nitrogen and oxygen atoms in total. The van der Waals surface area contributed by atoms with Gasteiger partial charge in [0.05, 0.1) is 12.7 Å². The fraction of sp³-hybridized carbons (Fsp3) is 0.133. The summed E-state index contributed by atoms with van der Waals surface area (Å²) in [6.07, 6.45) is 0.737. The average molecular weight is 239 g/mol. The van der Waals surface area contributed by atoms with Gasteiger partial charge in [-0.2, -0.15) is 0 Å². The highest BCUT2D eigenvalue weighted by atomic mass is 16.5. The summed E-state index contributed by atoms with van der Waals surface area (Å²) in [5, 5.41) is 0. The predicted octanol–water partition coefficient (Wildman–Crippen LogP) is 2.63. The number of anilines is 1. The molecule has 0 spiro atoms. The van der Waals surface area contributed by atoms with Crippen LogP contribution in [0.2, 0.25) is 0 Å². The highest BCUT2D eigenvalue weighted by Crippen LogP contribution is 2.39. The van der Waals surface area contributed by atoms with Crippen LogP contribution in [-0.2, 0) is 11.2 Å². The third kappa shape index (κ3) is 1.48. The number of benzene rings is 2.